The van der Waals surface area contributed by atoms with Crippen molar-refractivity contribution in [3.05, 3.63) is 52.9 Å². The number of halogens is 3. The second-order valence-corrected chi connectivity index (χ2v) is 8.97. The van der Waals surface area contributed by atoms with Crippen LogP contribution in [0.5, 0.6) is 0 Å². The first-order valence-corrected chi connectivity index (χ1v) is 11.9. The van der Waals surface area contributed by atoms with Gasteiger partial charge in [-0.3, -0.25) is 24.0 Å². The highest BCUT2D eigenvalue weighted by atomic mass is 19.4. The summed E-state index contributed by atoms with van der Waals surface area (Å²) in [6.07, 6.45) is -4.52. The molecule has 2 aromatic carbocycles. The van der Waals surface area contributed by atoms with Crippen molar-refractivity contribution in [3.63, 3.8) is 0 Å². The van der Waals surface area contributed by atoms with E-state index in [1.54, 1.807) is 11.6 Å². The van der Waals surface area contributed by atoms with Gasteiger partial charge in [-0.25, -0.2) is 9.59 Å². The average Bonchev–Trinajstić information content (AvgIpc) is 3.14. The van der Waals surface area contributed by atoms with Crippen molar-refractivity contribution >= 4 is 34.5 Å². The lowest BCUT2D eigenvalue weighted by molar-refractivity contribution is -0.192. The van der Waals surface area contributed by atoms with Gasteiger partial charge >= 0.3 is 17.8 Å². The monoisotopic (exact) mass is 533 g/mol. The van der Waals surface area contributed by atoms with Crippen molar-refractivity contribution in [1.82, 2.24) is 19.8 Å². The van der Waals surface area contributed by atoms with Crippen molar-refractivity contribution in [2.75, 3.05) is 31.1 Å². The van der Waals surface area contributed by atoms with E-state index in [1.165, 1.54) is 10.3 Å². The molecule has 0 spiro atoms. The third kappa shape index (κ3) is 5.57. The molecule has 3 N–H and O–H groups in total. The number of carbonyl (C=O) groups excluding carboxylic acids is 2. The first-order valence-electron chi connectivity index (χ1n) is 11.9. The summed E-state index contributed by atoms with van der Waals surface area (Å²) in [5, 5.41) is 12.8. The second kappa shape index (κ2) is 10.7. The minimum atomic E-state index is -5.08. The summed E-state index contributed by atoms with van der Waals surface area (Å²) in [4.78, 5) is 48.0. The van der Waals surface area contributed by atoms with Crippen LogP contribution in [0.1, 0.15) is 18.9 Å². The van der Waals surface area contributed by atoms with E-state index in [2.05, 4.69) is 39.8 Å². The van der Waals surface area contributed by atoms with Crippen LogP contribution >= 0.6 is 0 Å². The Morgan fingerprint density at radius 1 is 0.974 bits per heavy atom. The van der Waals surface area contributed by atoms with E-state index in [0.717, 1.165) is 42.8 Å². The summed E-state index contributed by atoms with van der Waals surface area (Å²) in [6, 6.07) is 13.7. The van der Waals surface area contributed by atoms with Crippen LogP contribution in [0.3, 0.4) is 0 Å². The number of amides is 2. The van der Waals surface area contributed by atoms with Gasteiger partial charge in [-0.15, -0.1) is 0 Å². The SMILES string of the molecule is Cn1c(=O)n(C2CCC(=O)NC2=O)c2ccc(-c3ccc(N4CCNCC4)cc3)cc21.O=C(O)C(F)(F)F. The minimum absolute atomic E-state index is 0.233. The number of carboxylic acid groups (broad SMARTS) is 1. The maximum Gasteiger partial charge on any atom is 0.490 e. The number of imidazole rings is 1. The highest BCUT2D eigenvalue weighted by Crippen LogP contribution is 2.29. The molecule has 202 valence electrons. The fourth-order valence-corrected chi connectivity index (χ4v) is 4.56. The van der Waals surface area contributed by atoms with Gasteiger partial charge in [0.25, 0.3) is 0 Å². The number of fused-ring (bicyclic) bond motifs is 1. The summed E-state index contributed by atoms with van der Waals surface area (Å²) in [5.74, 6) is -3.47. The molecule has 0 aliphatic carbocycles. The Hall–Kier alpha value is -4.13. The minimum Gasteiger partial charge on any atom is -0.475 e. The Morgan fingerprint density at radius 2 is 1.58 bits per heavy atom. The van der Waals surface area contributed by atoms with Crippen LogP contribution in [-0.2, 0) is 21.4 Å². The predicted octanol–water partition coefficient (Wildman–Crippen LogP) is 2.03. The molecule has 38 heavy (non-hydrogen) atoms. The Labute approximate surface area is 214 Å². The lowest BCUT2D eigenvalue weighted by Crippen LogP contribution is -2.44. The Kier molecular flexibility index (Phi) is 7.58. The number of hydrogen-bond donors (Lipinski definition) is 3. The van der Waals surface area contributed by atoms with Gasteiger partial charge in [-0.1, -0.05) is 18.2 Å². The summed E-state index contributed by atoms with van der Waals surface area (Å²) in [6.45, 7) is 4.00. The van der Waals surface area contributed by atoms with Crippen LogP contribution in [0, 0.1) is 0 Å². The van der Waals surface area contributed by atoms with E-state index in [-0.39, 0.29) is 18.0 Å². The Balaban J connectivity index is 0.000000426. The molecule has 0 saturated carbocycles. The van der Waals surface area contributed by atoms with Gasteiger partial charge in [-0.05, 0) is 41.8 Å². The zero-order valence-corrected chi connectivity index (χ0v) is 20.4. The molecule has 1 unspecified atom stereocenters. The van der Waals surface area contributed by atoms with E-state index in [4.69, 9.17) is 9.90 Å². The highest BCUT2D eigenvalue weighted by molar-refractivity contribution is 6.00. The number of hydrogen-bond acceptors (Lipinski definition) is 6. The highest BCUT2D eigenvalue weighted by Gasteiger charge is 2.38. The quantitative estimate of drug-likeness (QED) is 0.440. The van der Waals surface area contributed by atoms with Crippen molar-refractivity contribution in [3.8, 4) is 11.1 Å². The summed E-state index contributed by atoms with van der Waals surface area (Å²) < 4.78 is 34.8. The number of aromatic nitrogens is 2. The van der Waals surface area contributed by atoms with Gasteiger partial charge in [0.1, 0.15) is 6.04 Å². The maximum atomic E-state index is 12.9. The van der Waals surface area contributed by atoms with Crippen molar-refractivity contribution in [1.29, 1.82) is 0 Å². The number of alkyl halides is 3. The molecule has 13 heteroatoms. The maximum absolute atomic E-state index is 12.9. The van der Waals surface area contributed by atoms with Gasteiger partial charge < -0.3 is 15.3 Å². The molecule has 1 atom stereocenters. The molecule has 2 aliphatic heterocycles. The number of piperidine rings is 1. The van der Waals surface area contributed by atoms with E-state index in [1.807, 2.05) is 18.2 Å². The number of aryl methyl sites for hydroxylation is 1. The van der Waals surface area contributed by atoms with Gasteiger partial charge in [0, 0.05) is 45.3 Å². The van der Waals surface area contributed by atoms with Crippen LogP contribution in [0.25, 0.3) is 22.2 Å². The average molecular weight is 534 g/mol. The van der Waals surface area contributed by atoms with Gasteiger partial charge in [0.05, 0.1) is 11.0 Å². The number of rotatable bonds is 3. The normalized spacial score (nSPS) is 18.1. The molecule has 0 radical (unpaired) electrons. The van der Waals surface area contributed by atoms with E-state index in [0.29, 0.717) is 11.9 Å². The number of nitrogens with zero attached hydrogens (tertiary/aromatic N) is 3. The molecular weight excluding hydrogens is 507 g/mol. The number of benzene rings is 2. The Bertz CT molecular complexity index is 1420. The molecular formula is C25H26F3N5O5. The second-order valence-electron chi connectivity index (χ2n) is 8.97. The number of carboxylic acids is 1. The fourth-order valence-electron chi connectivity index (χ4n) is 4.56. The lowest BCUT2D eigenvalue weighted by Gasteiger charge is -2.29. The number of anilines is 1. The van der Waals surface area contributed by atoms with Crippen LogP contribution in [0.4, 0.5) is 18.9 Å². The molecule has 2 fully saturated rings. The number of carbonyl (C=O) groups is 3. The van der Waals surface area contributed by atoms with E-state index < -0.39 is 24.1 Å². The summed E-state index contributed by atoms with van der Waals surface area (Å²) in [5.41, 5.74) is 4.50. The number of piperazine rings is 1. The largest absolute Gasteiger partial charge is 0.490 e. The standard InChI is InChI=1S/C23H25N5O3.C2HF3O2/c1-26-20-14-16(15-2-5-17(6-3-15)27-12-10-24-11-13-27)4-7-18(20)28(23(26)31)19-8-9-21(29)25-22(19)30;3-2(4,5)1(6)7/h2-7,14,19,24H,8-13H2,1H3,(H,25,29,30);(H,6,7). The predicted molar refractivity (Wildman–Crippen MR) is 133 cm³/mol. The molecule has 3 aromatic rings. The zero-order valence-electron chi connectivity index (χ0n) is 20.4. The van der Waals surface area contributed by atoms with E-state index >= 15 is 0 Å². The zero-order chi connectivity index (χ0) is 27.6. The lowest BCUT2D eigenvalue weighted by atomic mass is 10.0. The topological polar surface area (TPSA) is 126 Å². The first-order chi connectivity index (χ1) is 18.0. The fraction of sp³-hybridized carbons (Fsp3) is 0.360. The van der Waals surface area contributed by atoms with Crippen LogP contribution in [-0.4, -0.2) is 64.4 Å². The number of imide groups is 1. The van der Waals surface area contributed by atoms with Crippen molar-refractivity contribution < 1.29 is 32.7 Å². The molecule has 10 nitrogen and oxygen atoms in total. The molecule has 1 aromatic heterocycles. The summed E-state index contributed by atoms with van der Waals surface area (Å²) in [7, 11) is 1.71. The number of aliphatic carboxylic acids is 1. The first kappa shape index (κ1) is 26.9. The molecule has 3 heterocycles. The van der Waals surface area contributed by atoms with Crippen LogP contribution in [0.2, 0.25) is 0 Å². The third-order valence-electron chi connectivity index (χ3n) is 6.54. The molecule has 2 saturated heterocycles. The third-order valence-corrected chi connectivity index (χ3v) is 6.54. The van der Waals surface area contributed by atoms with Gasteiger partial charge in [0.2, 0.25) is 11.8 Å². The molecule has 5 rings (SSSR count). The van der Waals surface area contributed by atoms with Gasteiger partial charge in [0.15, 0.2) is 0 Å². The Morgan fingerprint density at radius 3 is 2.16 bits per heavy atom. The molecule has 2 amide bonds. The molecule has 0 bridgehead atoms. The van der Waals surface area contributed by atoms with Crippen molar-refractivity contribution in [2.45, 2.75) is 25.1 Å². The van der Waals surface area contributed by atoms with Crippen LogP contribution in [0.15, 0.2) is 47.3 Å². The number of nitrogens with one attached hydrogen (secondary N) is 2. The molecule has 2 aliphatic rings. The smallest absolute Gasteiger partial charge is 0.475 e. The summed E-state index contributed by atoms with van der Waals surface area (Å²) >= 11 is 0. The van der Waals surface area contributed by atoms with E-state index in [9.17, 15) is 27.6 Å². The van der Waals surface area contributed by atoms with Crippen molar-refractivity contribution in [2.24, 2.45) is 7.05 Å². The van der Waals surface area contributed by atoms with Gasteiger partial charge in [-0.2, -0.15) is 13.2 Å². The van der Waals surface area contributed by atoms with Crippen LogP contribution < -0.4 is 21.2 Å².